The molecule has 5 rings (SSSR count). The number of anilines is 1. The van der Waals surface area contributed by atoms with E-state index in [0.29, 0.717) is 61.6 Å². The van der Waals surface area contributed by atoms with Gasteiger partial charge in [-0.2, -0.15) is 18.3 Å². The van der Waals surface area contributed by atoms with Crippen molar-refractivity contribution in [2.24, 2.45) is 0 Å². The third-order valence-electron chi connectivity index (χ3n) is 8.71. The molecular formula is C32H39ClF3N5O4S. The SMILES string of the molecule is Cc1c(-c2ccc(C(F)(F)F)cc2)nn(CC(O)CN2CCC(N3C(=O)CCc4cc(Cl)ccc43)CC2)c1CCCNS(C)(=O)=O. The number of fused-ring (bicyclic) bond motifs is 1. The quantitative estimate of drug-likeness (QED) is 0.281. The van der Waals surface area contributed by atoms with Gasteiger partial charge in [0.15, 0.2) is 0 Å². The van der Waals surface area contributed by atoms with E-state index in [0.717, 1.165) is 53.7 Å². The number of aryl methyl sites for hydroxylation is 1. The van der Waals surface area contributed by atoms with Crippen LogP contribution in [0.5, 0.6) is 0 Å². The third kappa shape index (κ3) is 8.29. The second kappa shape index (κ2) is 14.0. The number of aromatic nitrogens is 2. The van der Waals surface area contributed by atoms with Crippen molar-refractivity contribution in [3.05, 3.63) is 69.9 Å². The molecule has 2 aliphatic rings. The Hall–Kier alpha value is -2.97. The Morgan fingerprint density at radius 3 is 2.43 bits per heavy atom. The third-order valence-corrected chi connectivity index (χ3v) is 9.68. The highest BCUT2D eigenvalue weighted by molar-refractivity contribution is 7.88. The molecule has 3 heterocycles. The highest BCUT2D eigenvalue weighted by atomic mass is 35.5. The number of rotatable bonds is 11. The summed E-state index contributed by atoms with van der Waals surface area (Å²) in [7, 11) is -3.36. The van der Waals surface area contributed by atoms with Crippen LogP contribution in [0.2, 0.25) is 5.02 Å². The predicted octanol–water partition coefficient (Wildman–Crippen LogP) is 4.82. The van der Waals surface area contributed by atoms with Crippen LogP contribution < -0.4 is 9.62 Å². The molecule has 1 saturated heterocycles. The molecule has 0 spiro atoms. The van der Waals surface area contributed by atoms with Gasteiger partial charge in [-0.05, 0) is 80.5 Å². The minimum absolute atomic E-state index is 0.0633. The van der Waals surface area contributed by atoms with Crippen LogP contribution in [0, 0.1) is 6.92 Å². The molecule has 1 atom stereocenters. The number of halogens is 4. The van der Waals surface area contributed by atoms with Crippen molar-refractivity contribution in [2.75, 3.05) is 37.3 Å². The van der Waals surface area contributed by atoms with Crippen molar-refractivity contribution in [1.29, 1.82) is 0 Å². The summed E-state index contributed by atoms with van der Waals surface area (Å²) in [5.41, 5.74) is 3.84. The zero-order chi connectivity index (χ0) is 33.2. The van der Waals surface area contributed by atoms with Crippen LogP contribution in [0.4, 0.5) is 18.9 Å². The Morgan fingerprint density at radius 2 is 1.78 bits per heavy atom. The van der Waals surface area contributed by atoms with Crippen LogP contribution >= 0.6 is 11.6 Å². The summed E-state index contributed by atoms with van der Waals surface area (Å²) >= 11 is 6.19. The molecule has 9 nitrogen and oxygen atoms in total. The lowest BCUT2D eigenvalue weighted by Crippen LogP contribution is -2.50. The van der Waals surface area contributed by atoms with Crippen LogP contribution in [-0.2, 0) is 40.4 Å². The van der Waals surface area contributed by atoms with Gasteiger partial charge < -0.3 is 14.9 Å². The Kier molecular flexibility index (Phi) is 10.5. The van der Waals surface area contributed by atoms with Crippen molar-refractivity contribution in [2.45, 2.75) is 70.3 Å². The molecule has 0 radical (unpaired) electrons. The smallest absolute Gasteiger partial charge is 0.390 e. The first-order chi connectivity index (χ1) is 21.7. The first-order valence-corrected chi connectivity index (χ1v) is 17.7. The zero-order valence-electron chi connectivity index (χ0n) is 25.9. The van der Waals surface area contributed by atoms with E-state index in [1.165, 1.54) is 12.1 Å². The normalized spacial score (nSPS) is 17.4. The summed E-state index contributed by atoms with van der Waals surface area (Å²) in [5, 5.41) is 16.5. The fourth-order valence-electron chi connectivity index (χ4n) is 6.46. The monoisotopic (exact) mass is 681 g/mol. The minimum Gasteiger partial charge on any atom is -0.390 e. The van der Waals surface area contributed by atoms with Crippen molar-refractivity contribution in [1.82, 2.24) is 19.4 Å². The topological polar surface area (TPSA) is 108 Å². The second-order valence-electron chi connectivity index (χ2n) is 12.2. The number of β-amino-alcohol motifs (C(OH)–C–C–N with tert-alkyl or cyclic N) is 1. The Labute approximate surface area is 272 Å². The summed E-state index contributed by atoms with van der Waals surface area (Å²) in [5.74, 6) is 0.116. The molecule has 1 aromatic heterocycles. The van der Waals surface area contributed by atoms with Gasteiger partial charge in [0.05, 0.1) is 30.2 Å². The van der Waals surface area contributed by atoms with Crippen LogP contribution in [-0.4, -0.2) is 78.7 Å². The predicted molar refractivity (Wildman–Crippen MR) is 171 cm³/mol. The number of sulfonamides is 1. The van der Waals surface area contributed by atoms with Gasteiger partial charge in [-0.3, -0.25) is 9.48 Å². The molecule has 2 aromatic carbocycles. The van der Waals surface area contributed by atoms with Gasteiger partial charge in [0, 0.05) is 60.6 Å². The maximum absolute atomic E-state index is 13.1. The number of likely N-dealkylation sites (tertiary alicyclic amines) is 1. The summed E-state index contributed by atoms with van der Waals surface area (Å²) in [6, 6.07) is 10.5. The number of nitrogens with one attached hydrogen (secondary N) is 1. The lowest BCUT2D eigenvalue weighted by Gasteiger charge is -2.41. The molecule has 14 heteroatoms. The zero-order valence-corrected chi connectivity index (χ0v) is 27.4. The van der Waals surface area contributed by atoms with Gasteiger partial charge in [0.1, 0.15) is 0 Å². The van der Waals surface area contributed by atoms with Gasteiger partial charge in [-0.15, -0.1) is 0 Å². The minimum atomic E-state index is -4.45. The molecule has 46 heavy (non-hydrogen) atoms. The molecule has 1 unspecified atom stereocenters. The molecule has 0 bridgehead atoms. The van der Waals surface area contributed by atoms with E-state index < -0.39 is 27.9 Å². The number of hydrogen-bond donors (Lipinski definition) is 2. The summed E-state index contributed by atoms with van der Waals surface area (Å²) < 4.78 is 66.6. The van der Waals surface area contributed by atoms with Crippen LogP contribution in [0.25, 0.3) is 11.3 Å². The highest BCUT2D eigenvalue weighted by Crippen LogP contribution is 2.35. The molecule has 2 aliphatic heterocycles. The highest BCUT2D eigenvalue weighted by Gasteiger charge is 2.34. The summed E-state index contributed by atoms with van der Waals surface area (Å²) in [6.45, 7) is 4.00. The molecule has 0 saturated carbocycles. The lowest BCUT2D eigenvalue weighted by molar-refractivity contribution is -0.137. The molecule has 0 aliphatic carbocycles. The van der Waals surface area contributed by atoms with E-state index in [-0.39, 0.29) is 25.0 Å². The average Bonchev–Trinajstić information content (AvgIpc) is 3.29. The van der Waals surface area contributed by atoms with Crippen molar-refractivity contribution in [3.8, 4) is 11.3 Å². The Balaban J connectivity index is 1.26. The number of piperidine rings is 1. The summed E-state index contributed by atoms with van der Waals surface area (Å²) in [6.07, 6.45) is -0.567. The summed E-state index contributed by atoms with van der Waals surface area (Å²) in [4.78, 5) is 17.0. The number of aliphatic hydroxyl groups excluding tert-OH is 1. The Morgan fingerprint density at radius 1 is 1.09 bits per heavy atom. The lowest BCUT2D eigenvalue weighted by atomic mass is 9.95. The number of benzene rings is 2. The fraction of sp³-hybridized carbons (Fsp3) is 0.500. The van der Waals surface area contributed by atoms with Gasteiger partial charge in [-0.25, -0.2) is 13.1 Å². The van der Waals surface area contributed by atoms with Crippen LogP contribution in [0.1, 0.15) is 48.1 Å². The molecule has 3 aromatic rings. The first-order valence-electron chi connectivity index (χ1n) is 15.4. The maximum atomic E-state index is 13.1. The number of alkyl halides is 3. The maximum Gasteiger partial charge on any atom is 0.416 e. The molecule has 2 N–H and O–H groups in total. The standard InChI is InChI=1S/C32H39ClF3N5O4S/c1-21-28(4-3-15-37-46(2,44)45)40(38-31(21)22-5-8-24(9-6-22)32(34,35)36)20-27(42)19-39-16-13-26(14-17-39)41-29-11-10-25(33)18-23(29)7-12-30(41)43/h5-6,8-11,18,26-27,37,42H,3-4,7,12-17,19-20H2,1-2H3. The van der Waals surface area contributed by atoms with E-state index in [1.807, 2.05) is 30.0 Å². The van der Waals surface area contributed by atoms with Crippen molar-refractivity contribution >= 4 is 33.2 Å². The van der Waals surface area contributed by atoms with Gasteiger partial charge in [0.25, 0.3) is 0 Å². The van der Waals surface area contributed by atoms with Gasteiger partial charge in [-0.1, -0.05) is 23.7 Å². The second-order valence-corrected chi connectivity index (χ2v) is 14.4. The van der Waals surface area contributed by atoms with Crippen LogP contribution in [0.3, 0.4) is 0 Å². The molecular weight excluding hydrogens is 643 g/mol. The van der Waals surface area contributed by atoms with E-state index >= 15 is 0 Å². The molecule has 250 valence electrons. The number of aliphatic hydroxyl groups is 1. The first kappa shape index (κ1) is 34.4. The number of carbonyl (C=O) groups is 1. The number of hydrogen-bond acceptors (Lipinski definition) is 6. The Bertz CT molecular complexity index is 1660. The van der Waals surface area contributed by atoms with E-state index in [1.54, 1.807) is 4.68 Å². The van der Waals surface area contributed by atoms with Gasteiger partial charge >= 0.3 is 6.18 Å². The van der Waals surface area contributed by atoms with Crippen LogP contribution in [0.15, 0.2) is 42.5 Å². The fourth-order valence-corrected chi connectivity index (χ4v) is 7.17. The average molecular weight is 682 g/mol. The van der Waals surface area contributed by atoms with E-state index in [4.69, 9.17) is 16.7 Å². The van der Waals surface area contributed by atoms with Gasteiger partial charge in [0.2, 0.25) is 15.9 Å². The molecule has 1 amide bonds. The van der Waals surface area contributed by atoms with E-state index in [9.17, 15) is 31.5 Å². The van der Waals surface area contributed by atoms with Crippen molar-refractivity contribution < 1.29 is 31.5 Å². The number of amides is 1. The largest absolute Gasteiger partial charge is 0.416 e. The number of nitrogens with zero attached hydrogens (tertiary/aromatic N) is 4. The van der Waals surface area contributed by atoms with Crippen molar-refractivity contribution in [3.63, 3.8) is 0 Å². The number of carbonyl (C=O) groups excluding carboxylic acids is 1. The molecule has 1 fully saturated rings. The van der Waals surface area contributed by atoms with E-state index in [2.05, 4.69) is 9.62 Å².